The van der Waals surface area contributed by atoms with Crippen molar-refractivity contribution in [2.24, 2.45) is 8.73 Å². The minimum absolute atomic E-state index is 0.876. The maximum absolute atomic E-state index is 5.09. The van der Waals surface area contributed by atoms with E-state index in [0.717, 1.165) is 17.1 Å². The smallest absolute Gasteiger partial charge is 0.0717 e. The average molecular weight is 320 g/mol. The Bertz CT molecular complexity index is 812. The van der Waals surface area contributed by atoms with Crippen LogP contribution in [0.25, 0.3) is 0 Å². The lowest BCUT2D eigenvalue weighted by molar-refractivity contribution is 1.35. The third-order valence-electron chi connectivity index (χ3n) is 3.55. The summed E-state index contributed by atoms with van der Waals surface area (Å²) in [5.41, 5.74) is 1.96. The predicted octanol–water partition coefficient (Wildman–Crippen LogP) is 6.25. The molecule has 116 valence electrons. The van der Waals surface area contributed by atoms with E-state index in [-0.39, 0.29) is 0 Å². The van der Waals surface area contributed by atoms with Gasteiger partial charge in [0.1, 0.15) is 0 Å². The molecule has 0 fully saturated rings. The molecule has 3 heteroatoms. The highest BCUT2D eigenvalue weighted by molar-refractivity contribution is 7.96. The van der Waals surface area contributed by atoms with Gasteiger partial charge in [-0.25, -0.2) is 8.73 Å². The number of rotatable bonds is 4. The second-order valence-electron chi connectivity index (χ2n) is 5.12. The van der Waals surface area contributed by atoms with Crippen LogP contribution in [0.3, 0.4) is 0 Å². The topological polar surface area (TPSA) is 24.7 Å². The fraction of sp³-hybridized carbons (Fsp3) is 0.100. The molecule has 0 aromatic heterocycles. The minimum Gasteiger partial charge on any atom is -0.213 e. The molecule has 0 aliphatic heterocycles. The van der Waals surface area contributed by atoms with Crippen LogP contribution in [-0.2, 0) is 9.62 Å². The molecule has 0 bridgehead atoms. The molecular formula is C20H20N2S. The summed E-state index contributed by atoms with van der Waals surface area (Å²) in [5, 5.41) is 0. The first kappa shape index (κ1) is 15.5. The van der Waals surface area contributed by atoms with E-state index in [1.807, 2.05) is 66.7 Å². The van der Waals surface area contributed by atoms with Crippen molar-refractivity contribution in [1.82, 2.24) is 0 Å². The van der Waals surface area contributed by atoms with Gasteiger partial charge in [-0.2, -0.15) is 0 Å². The Hall–Kier alpha value is -2.39. The van der Waals surface area contributed by atoms with Crippen LogP contribution < -0.4 is 0 Å². The second-order valence-corrected chi connectivity index (χ2v) is 7.87. The van der Waals surface area contributed by atoms with Crippen molar-refractivity contribution in [3.05, 3.63) is 91.0 Å². The zero-order valence-corrected chi connectivity index (χ0v) is 14.0. The number of hydrogen-bond donors (Lipinski definition) is 0. The summed E-state index contributed by atoms with van der Waals surface area (Å²) >= 11 is 0. The van der Waals surface area contributed by atoms with Crippen LogP contribution in [0.4, 0.5) is 11.4 Å². The molecule has 0 unspecified atom stereocenters. The molecule has 23 heavy (non-hydrogen) atoms. The Labute approximate surface area is 138 Å². The summed E-state index contributed by atoms with van der Waals surface area (Å²) < 4.78 is 10.2. The van der Waals surface area contributed by atoms with Gasteiger partial charge in [0, 0.05) is 10.6 Å². The van der Waals surface area contributed by atoms with Crippen LogP contribution in [0.15, 0.2) is 105 Å². The monoisotopic (exact) mass is 320 g/mol. The van der Waals surface area contributed by atoms with Crippen LogP contribution in [0.2, 0.25) is 0 Å². The van der Waals surface area contributed by atoms with Crippen molar-refractivity contribution in [2.75, 3.05) is 5.75 Å². The first-order valence-corrected chi connectivity index (χ1v) is 9.46. The molecule has 3 aromatic carbocycles. The van der Waals surface area contributed by atoms with Crippen molar-refractivity contribution >= 4 is 21.0 Å². The molecule has 0 saturated heterocycles. The van der Waals surface area contributed by atoms with Crippen LogP contribution in [-0.4, -0.2) is 5.75 Å². The molecule has 0 spiro atoms. The number of hydrogen-bond acceptors (Lipinski definition) is 2. The van der Waals surface area contributed by atoms with E-state index in [4.69, 9.17) is 8.73 Å². The second kappa shape index (κ2) is 7.25. The zero-order chi connectivity index (χ0) is 16.0. The van der Waals surface area contributed by atoms with E-state index in [9.17, 15) is 0 Å². The van der Waals surface area contributed by atoms with Crippen LogP contribution in [0.1, 0.15) is 6.92 Å². The van der Waals surface area contributed by atoms with Gasteiger partial charge in [-0.1, -0.05) is 61.5 Å². The first-order valence-electron chi connectivity index (χ1n) is 7.74. The highest BCUT2D eigenvalue weighted by atomic mass is 32.2. The fourth-order valence-corrected chi connectivity index (χ4v) is 4.76. The van der Waals surface area contributed by atoms with E-state index < -0.39 is 9.62 Å². The summed E-state index contributed by atoms with van der Waals surface area (Å²) in [5.74, 6) is 0.876. The predicted molar refractivity (Wildman–Crippen MR) is 99.7 cm³/mol. The Morgan fingerprint density at radius 2 is 1.00 bits per heavy atom. The summed E-state index contributed by atoms with van der Waals surface area (Å²) in [4.78, 5) is 1.19. The number of nitrogens with zero attached hydrogens (tertiary/aromatic N) is 2. The Morgan fingerprint density at radius 3 is 1.39 bits per heavy atom. The van der Waals surface area contributed by atoms with E-state index in [0.29, 0.717) is 0 Å². The van der Waals surface area contributed by atoms with E-state index in [1.54, 1.807) is 0 Å². The van der Waals surface area contributed by atoms with Gasteiger partial charge in [-0.05, 0) is 46.0 Å². The lowest BCUT2D eigenvalue weighted by Gasteiger charge is -2.15. The van der Waals surface area contributed by atoms with Crippen LogP contribution in [0, 0.1) is 0 Å². The molecule has 0 saturated carbocycles. The lowest BCUT2D eigenvalue weighted by atomic mass is 10.3. The Kier molecular flexibility index (Phi) is 4.89. The summed E-state index contributed by atoms with van der Waals surface area (Å²) in [6.45, 7) is 2.17. The highest BCUT2D eigenvalue weighted by Crippen LogP contribution is 2.27. The van der Waals surface area contributed by atoms with Crippen LogP contribution >= 0.6 is 0 Å². The lowest BCUT2D eigenvalue weighted by Crippen LogP contribution is -2.03. The largest absolute Gasteiger partial charge is 0.213 e. The van der Waals surface area contributed by atoms with Gasteiger partial charge in [0.25, 0.3) is 0 Å². The molecule has 0 N–H and O–H groups in total. The third-order valence-corrected chi connectivity index (χ3v) is 6.41. The molecular weight excluding hydrogens is 300 g/mol. The van der Waals surface area contributed by atoms with Crippen molar-refractivity contribution in [2.45, 2.75) is 11.8 Å². The fourth-order valence-electron chi connectivity index (χ4n) is 2.39. The maximum atomic E-state index is 5.09. The van der Waals surface area contributed by atoms with Crippen molar-refractivity contribution in [1.29, 1.82) is 0 Å². The molecule has 3 rings (SSSR count). The van der Waals surface area contributed by atoms with Gasteiger partial charge in [0.05, 0.1) is 11.4 Å². The van der Waals surface area contributed by atoms with Crippen molar-refractivity contribution in [3.63, 3.8) is 0 Å². The average Bonchev–Trinajstić information content (AvgIpc) is 2.63. The molecule has 0 aliphatic rings. The Balaban J connectivity index is 2.29. The molecule has 0 heterocycles. The summed E-state index contributed by atoms with van der Waals surface area (Å²) in [6.07, 6.45) is 0. The maximum Gasteiger partial charge on any atom is 0.0717 e. The van der Waals surface area contributed by atoms with E-state index >= 15 is 0 Å². The minimum atomic E-state index is -1.67. The normalized spacial score (nSPS) is 11.0. The summed E-state index contributed by atoms with van der Waals surface area (Å²) in [6, 6.07) is 30.7. The molecule has 0 amide bonds. The van der Waals surface area contributed by atoms with Crippen LogP contribution in [0.5, 0.6) is 0 Å². The standard InChI is InChI=1S/C20H20N2S/c1-2-23(20-16-10-5-11-17-20,21-18-12-6-3-7-13-18)22-19-14-8-4-9-15-19/h3-17H,2H2,1H3. The number of benzene rings is 3. The van der Waals surface area contributed by atoms with Gasteiger partial charge in [0.15, 0.2) is 0 Å². The van der Waals surface area contributed by atoms with Gasteiger partial charge in [-0.15, -0.1) is 0 Å². The molecule has 2 nitrogen and oxygen atoms in total. The zero-order valence-electron chi connectivity index (χ0n) is 13.2. The van der Waals surface area contributed by atoms with Gasteiger partial charge in [-0.3, -0.25) is 0 Å². The van der Waals surface area contributed by atoms with Gasteiger partial charge >= 0.3 is 0 Å². The van der Waals surface area contributed by atoms with E-state index in [1.165, 1.54) is 4.90 Å². The summed E-state index contributed by atoms with van der Waals surface area (Å²) in [7, 11) is -1.67. The molecule has 3 aromatic rings. The first-order chi connectivity index (χ1) is 11.3. The van der Waals surface area contributed by atoms with Crippen molar-refractivity contribution < 1.29 is 0 Å². The van der Waals surface area contributed by atoms with Gasteiger partial charge in [0.2, 0.25) is 0 Å². The SMILES string of the molecule is CCS(=Nc1ccccc1)(=Nc1ccccc1)c1ccccc1. The molecule has 0 atom stereocenters. The van der Waals surface area contributed by atoms with E-state index in [2.05, 4.69) is 31.2 Å². The van der Waals surface area contributed by atoms with Gasteiger partial charge < -0.3 is 0 Å². The quantitative estimate of drug-likeness (QED) is 0.543. The van der Waals surface area contributed by atoms with Crippen molar-refractivity contribution in [3.8, 4) is 0 Å². The molecule has 0 radical (unpaired) electrons. The third kappa shape index (κ3) is 3.69. The molecule has 0 aliphatic carbocycles. The Morgan fingerprint density at radius 1 is 0.609 bits per heavy atom. The highest BCUT2D eigenvalue weighted by Gasteiger charge is 2.09.